The van der Waals surface area contributed by atoms with Crippen LogP contribution in [0.2, 0.25) is 5.02 Å². The molecule has 90 valence electrons. The number of benzene rings is 2. The number of fused-ring (bicyclic) bond motifs is 1. The number of hydrogen-bond acceptors (Lipinski definition) is 2. The third-order valence-corrected chi connectivity index (χ3v) is 3.16. The molecular formula is C15H12ClNO. The van der Waals surface area contributed by atoms with Gasteiger partial charge in [-0.1, -0.05) is 29.3 Å². The summed E-state index contributed by atoms with van der Waals surface area (Å²) in [5, 5.41) is 0.684. The average Bonchev–Trinajstić information content (AvgIpc) is 2.74. The predicted molar refractivity (Wildman–Crippen MR) is 73.9 cm³/mol. The molecule has 0 aliphatic carbocycles. The van der Waals surface area contributed by atoms with Crippen LogP contribution in [0, 0.1) is 13.8 Å². The minimum Gasteiger partial charge on any atom is -0.436 e. The summed E-state index contributed by atoms with van der Waals surface area (Å²) in [6.07, 6.45) is 0. The highest BCUT2D eigenvalue weighted by molar-refractivity contribution is 6.31. The summed E-state index contributed by atoms with van der Waals surface area (Å²) in [5.74, 6) is 0.635. The first-order valence-electron chi connectivity index (χ1n) is 5.77. The van der Waals surface area contributed by atoms with Gasteiger partial charge < -0.3 is 4.42 Å². The molecule has 1 aromatic heterocycles. The Kier molecular flexibility index (Phi) is 2.60. The number of halogens is 1. The Morgan fingerprint density at radius 3 is 2.50 bits per heavy atom. The molecule has 0 atom stereocenters. The quantitative estimate of drug-likeness (QED) is 0.628. The first-order chi connectivity index (χ1) is 8.63. The molecule has 18 heavy (non-hydrogen) atoms. The van der Waals surface area contributed by atoms with E-state index in [0.717, 1.165) is 22.2 Å². The summed E-state index contributed by atoms with van der Waals surface area (Å²) < 4.78 is 5.81. The Morgan fingerprint density at radius 1 is 1.06 bits per heavy atom. The first kappa shape index (κ1) is 11.3. The summed E-state index contributed by atoms with van der Waals surface area (Å²) in [4.78, 5) is 4.48. The van der Waals surface area contributed by atoms with Crippen molar-refractivity contribution < 1.29 is 4.42 Å². The van der Waals surface area contributed by atoms with Crippen LogP contribution in [-0.2, 0) is 0 Å². The van der Waals surface area contributed by atoms with E-state index in [0.29, 0.717) is 10.9 Å². The lowest BCUT2D eigenvalue weighted by molar-refractivity contribution is 0.617. The Morgan fingerprint density at radius 2 is 1.78 bits per heavy atom. The van der Waals surface area contributed by atoms with Gasteiger partial charge in [0, 0.05) is 10.6 Å². The molecule has 1 heterocycles. The largest absolute Gasteiger partial charge is 0.436 e. The summed E-state index contributed by atoms with van der Waals surface area (Å²) in [7, 11) is 0. The summed E-state index contributed by atoms with van der Waals surface area (Å²) >= 11 is 6.02. The maximum atomic E-state index is 6.02. The van der Waals surface area contributed by atoms with Crippen LogP contribution in [0.4, 0.5) is 0 Å². The topological polar surface area (TPSA) is 26.0 Å². The van der Waals surface area contributed by atoms with E-state index < -0.39 is 0 Å². The van der Waals surface area contributed by atoms with Crippen LogP contribution in [0.5, 0.6) is 0 Å². The monoisotopic (exact) mass is 257 g/mol. The fourth-order valence-corrected chi connectivity index (χ4v) is 2.24. The van der Waals surface area contributed by atoms with Gasteiger partial charge in [-0.2, -0.15) is 0 Å². The molecule has 0 unspecified atom stereocenters. The third kappa shape index (κ3) is 1.89. The highest BCUT2D eigenvalue weighted by Gasteiger charge is 2.10. The number of aryl methyl sites for hydroxylation is 2. The molecule has 0 N–H and O–H groups in total. The maximum absolute atomic E-state index is 6.02. The van der Waals surface area contributed by atoms with E-state index in [1.807, 2.05) is 43.3 Å². The maximum Gasteiger partial charge on any atom is 0.227 e. The van der Waals surface area contributed by atoms with Crippen LogP contribution in [0.15, 0.2) is 40.8 Å². The minimum absolute atomic E-state index is 0.635. The van der Waals surface area contributed by atoms with Crippen LogP contribution in [0.1, 0.15) is 11.1 Å². The molecule has 3 rings (SSSR count). The summed E-state index contributed by atoms with van der Waals surface area (Å²) in [5.41, 5.74) is 4.80. The molecule has 2 nitrogen and oxygen atoms in total. The Labute approximate surface area is 110 Å². The van der Waals surface area contributed by atoms with Gasteiger partial charge in [-0.05, 0) is 43.7 Å². The lowest BCUT2D eigenvalue weighted by atomic mass is 10.1. The van der Waals surface area contributed by atoms with Crippen LogP contribution in [0.3, 0.4) is 0 Å². The molecule has 0 aliphatic heterocycles. The molecular weight excluding hydrogens is 246 g/mol. The van der Waals surface area contributed by atoms with E-state index in [-0.39, 0.29) is 0 Å². The second-order valence-corrected chi connectivity index (χ2v) is 4.89. The van der Waals surface area contributed by atoms with E-state index in [1.165, 1.54) is 5.56 Å². The van der Waals surface area contributed by atoms with Gasteiger partial charge in [0.15, 0.2) is 5.58 Å². The zero-order valence-electron chi connectivity index (χ0n) is 10.2. The minimum atomic E-state index is 0.635. The lowest BCUT2D eigenvalue weighted by Gasteiger charge is -1.95. The Balaban J connectivity index is 2.19. The van der Waals surface area contributed by atoms with Crippen molar-refractivity contribution in [3.63, 3.8) is 0 Å². The smallest absolute Gasteiger partial charge is 0.227 e. The van der Waals surface area contributed by atoms with Crippen LogP contribution in [-0.4, -0.2) is 4.98 Å². The average molecular weight is 258 g/mol. The highest BCUT2D eigenvalue weighted by atomic mass is 35.5. The van der Waals surface area contributed by atoms with Crippen LogP contribution in [0.25, 0.3) is 22.6 Å². The number of oxazole rings is 1. The van der Waals surface area contributed by atoms with E-state index in [4.69, 9.17) is 16.0 Å². The van der Waals surface area contributed by atoms with E-state index >= 15 is 0 Å². The molecule has 0 spiro atoms. The molecule has 0 amide bonds. The second-order valence-electron chi connectivity index (χ2n) is 4.46. The third-order valence-electron chi connectivity index (χ3n) is 2.94. The van der Waals surface area contributed by atoms with Crippen molar-refractivity contribution in [2.75, 3.05) is 0 Å². The number of hydrogen-bond donors (Lipinski definition) is 0. The SMILES string of the molecule is Cc1ccc(-c2nc3cc(Cl)cc(C)c3o2)cc1. The van der Waals surface area contributed by atoms with Gasteiger partial charge in [0.1, 0.15) is 5.52 Å². The molecule has 3 heteroatoms. The standard InChI is InChI=1S/C15H12ClNO/c1-9-3-5-11(6-4-9)15-17-13-8-12(16)7-10(2)14(13)18-15/h3-8H,1-2H3. The zero-order valence-corrected chi connectivity index (χ0v) is 11.0. The molecule has 0 fully saturated rings. The molecule has 0 bridgehead atoms. The van der Waals surface area contributed by atoms with Crippen molar-refractivity contribution >= 4 is 22.7 Å². The van der Waals surface area contributed by atoms with Gasteiger partial charge in [-0.3, -0.25) is 0 Å². The van der Waals surface area contributed by atoms with Crippen LogP contribution >= 0.6 is 11.6 Å². The van der Waals surface area contributed by atoms with Crippen molar-refractivity contribution in [2.24, 2.45) is 0 Å². The van der Waals surface area contributed by atoms with Crippen molar-refractivity contribution in [3.05, 3.63) is 52.5 Å². The molecule has 0 saturated heterocycles. The Bertz CT molecular complexity index is 713. The molecule has 3 aromatic rings. The highest BCUT2D eigenvalue weighted by Crippen LogP contribution is 2.28. The van der Waals surface area contributed by atoms with Gasteiger partial charge in [0.25, 0.3) is 0 Å². The van der Waals surface area contributed by atoms with E-state index in [9.17, 15) is 0 Å². The second kappa shape index (κ2) is 4.14. The summed E-state index contributed by atoms with van der Waals surface area (Å²) in [6, 6.07) is 11.8. The van der Waals surface area contributed by atoms with Crippen molar-refractivity contribution in [3.8, 4) is 11.5 Å². The normalized spacial score (nSPS) is 11.1. The van der Waals surface area contributed by atoms with Gasteiger partial charge >= 0.3 is 0 Å². The number of aromatic nitrogens is 1. The van der Waals surface area contributed by atoms with Crippen molar-refractivity contribution in [1.29, 1.82) is 0 Å². The summed E-state index contributed by atoms with van der Waals surface area (Å²) in [6.45, 7) is 4.03. The molecule has 0 aliphatic rings. The van der Waals surface area contributed by atoms with Gasteiger partial charge in [-0.25, -0.2) is 4.98 Å². The van der Waals surface area contributed by atoms with E-state index in [2.05, 4.69) is 11.9 Å². The fourth-order valence-electron chi connectivity index (χ4n) is 1.98. The van der Waals surface area contributed by atoms with Crippen molar-refractivity contribution in [1.82, 2.24) is 4.98 Å². The zero-order chi connectivity index (χ0) is 12.7. The first-order valence-corrected chi connectivity index (χ1v) is 6.15. The van der Waals surface area contributed by atoms with E-state index in [1.54, 1.807) is 0 Å². The number of rotatable bonds is 1. The number of nitrogens with zero attached hydrogens (tertiary/aromatic N) is 1. The van der Waals surface area contributed by atoms with Gasteiger partial charge in [-0.15, -0.1) is 0 Å². The predicted octanol–water partition coefficient (Wildman–Crippen LogP) is 4.77. The molecule has 0 radical (unpaired) electrons. The Hall–Kier alpha value is -1.80. The molecule has 2 aromatic carbocycles. The van der Waals surface area contributed by atoms with Gasteiger partial charge in [0.2, 0.25) is 5.89 Å². The van der Waals surface area contributed by atoms with Crippen LogP contribution < -0.4 is 0 Å². The van der Waals surface area contributed by atoms with Gasteiger partial charge in [0.05, 0.1) is 0 Å². The molecule has 0 saturated carbocycles. The lowest BCUT2D eigenvalue weighted by Crippen LogP contribution is -1.77. The fraction of sp³-hybridized carbons (Fsp3) is 0.133. The van der Waals surface area contributed by atoms with Crippen molar-refractivity contribution in [2.45, 2.75) is 13.8 Å².